The molecular weight excluding hydrogens is 218 g/mol. The third-order valence-electron chi connectivity index (χ3n) is 2.96. The SMILES string of the molecule is CC(C)CC(NC(=O)C(C)C)C(=O)C1(C)CO1.[HH]. The van der Waals surface area contributed by atoms with Crippen molar-refractivity contribution < 1.29 is 15.8 Å². The number of nitrogens with one attached hydrogen (secondary N) is 1. The number of ketones is 1. The fourth-order valence-corrected chi connectivity index (χ4v) is 1.66. The van der Waals surface area contributed by atoms with Crippen molar-refractivity contribution in [1.82, 2.24) is 5.32 Å². The van der Waals surface area contributed by atoms with Crippen LogP contribution < -0.4 is 5.32 Å². The molecule has 1 amide bonds. The van der Waals surface area contributed by atoms with Gasteiger partial charge in [-0.2, -0.15) is 0 Å². The molecule has 0 spiro atoms. The van der Waals surface area contributed by atoms with Gasteiger partial charge in [0.25, 0.3) is 0 Å². The van der Waals surface area contributed by atoms with Crippen LogP contribution in [0.2, 0.25) is 0 Å². The molecule has 1 aliphatic heterocycles. The first-order chi connectivity index (χ1) is 7.76. The van der Waals surface area contributed by atoms with E-state index in [1.54, 1.807) is 6.92 Å². The number of Topliss-reactive ketones (excluding diaryl/α,β-unsaturated/α-hetero) is 1. The molecule has 1 rings (SSSR count). The lowest BCUT2D eigenvalue weighted by molar-refractivity contribution is -0.132. The zero-order valence-corrected chi connectivity index (χ0v) is 11.4. The predicted molar refractivity (Wildman–Crippen MR) is 67.7 cm³/mol. The number of epoxide rings is 1. The van der Waals surface area contributed by atoms with Crippen LogP contribution in [-0.2, 0) is 14.3 Å². The van der Waals surface area contributed by atoms with Crippen LogP contribution in [0.3, 0.4) is 0 Å². The van der Waals surface area contributed by atoms with Crippen LogP contribution in [0.25, 0.3) is 0 Å². The Morgan fingerprint density at radius 2 is 1.88 bits per heavy atom. The minimum absolute atomic E-state index is 0. The fraction of sp³-hybridized carbons (Fsp3) is 0.846. The van der Waals surface area contributed by atoms with Gasteiger partial charge in [0, 0.05) is 7.34 Å². The Bertz CT molecular complexity index is 311. The second-order valence-electron chi connectivity index (χ2n) is 5.73. The quantitative estimate of drug-likeness (QED) is 0.723. The standard InChI is InChI=1S/C13H23NO3.H2/c1-8(2)6-10(14-12(16)9(3)4)11(15)13(5)7-17-13;/h8-10H,6-7H2,1-5H3,(H,14,16);1H. The maximum absolute atomic E-state index is 12.2. The maximum atomic E-state index is 12.2. The van der Waals surface area contributed by atoms with E-state index in [4.69, 9.17) is 4.74 Å². The summed E-state index contributed by atoms with van der Waals surface area (Å²) in [6.45, 7) is 9.97. The Morgan fingerprint density at radius 1 is 1.35 bits per heavy atom. The van der Waals surface area contributed by atoms with E-state index in [0.717, 1.165) is 0 Å². The van der Waals surface area contributed by atoms with E-state index in [9.17, 15) is 9.59 Å². The average molecular weight is 243 g/mol. The van der Waals surface area contributed by atoms with Crippen LogP contribution in [0, 0.1) is 11.8 Å². The molecule has 0 aromatic heterocycles. The van der Waals surface area contributed by atoms with Crippen LogP contribution >= 0.6 is 0 Å². The van der Waals surface area contributed by atoms with E-state index in [2.05, 4.69) is 5.32 Å². The molecule has 4 nitrogen and oxygen atoms in total. The molecule has 1 fully saturated rings. The number of amides is 1. The normalized spacial score (nSPS) is 24.9. The summed E-state index contributed by atoms with van der Waals surface area (Å²) < 4.78 is 5.16. The molecule has 0 saturated carbocycles. The summed E-state index contributed by atoms with van der Waals surface area (Å²) >= 11 is 0. The van der Waals surface area contributed by atoms with Crippen molar-refractivity contribution in [1.29, 1.82) is 0 Å². The minimum Gasteiger partial charge on any atom is -0.361 e. The second-order valence-corrected chi connectivity index (χ2v) is 5.73. The Hall–Kier alpha value is -0.900. The first-order valence-corrected chi connectivity index (χ1v) is 6.25. The lowest BCUT2D eigenvalue weighted by atomic mass is 9.93. The van der Waals surface area contributed by atoms with Gasteiger partial charge in [0.15, 0.2) is 5.78 Å². The highest BCUT2D eigenvalue weighted by Gasteiger charge is 2.50. The fourth-order valence-electron chi connectivity index (χ4n) is 1.66. The summed E-state index contributed by atoms with van der Waals surface area (Å²) in [6.07, 6.45) is 0.663. The molecule has 1 heterocycles. The second kappa shape index (κ2) is 5.17. The minimum atomic E-state index is -0.663. The van der Waals surface area contributed by atoms with Crippen molar-refractivity contribution in [2.45, 2.75) is 52.7 Å². The summed E-state index contributed by atoms with van der Waals surface area (Å²) in [4.78, 5) is 23.9. The van der Waals surface area contributed by atoms with Crippen molar-refractivity contribution in [2.75, 3.05) is 6.61 Å². The molecular formula is C13H25NO3. The van der Waals surface area contributed by atoms with Crippen LogP contribution in [-0.4, -0.2) is 29.9 Å². The first-order valence-electron chi connectivity index (χ1n) is 6.25. The van der Waals surface area contributed by atoms with Crippen molar-refractivity contribution >= 4 is 11.7 Å². The predicted octanol–water partition coefficient (Wildman–Crippen LogP) is 1.78. The molecule has 4 heteroatoms. The highest BCUT2D eigenvalue weighted by atomic mass is 16.6. The molecule has 0 aliphatic carbocycles. The van der Waals surface area contributed by atoms with Crippen molar-refractivity contribution in [2.24, 2.45) is 11.8 Å². The van der Waals surface area contributed by atoms with Gasteiger partial charge in [-0.3, -0.25) is 9.59 Å². The number of carbonyl (C=O) groups is 2. The maximum Gasteiger partial charge on any atom is 0.223 e. The van der Waals surface area contributed by atoms with Gasteiger partial charge in [0.05, 0.1) is 12.6 Å². The van der Waals surface area contributed by atoms with Crippen molar-refractivity contribution in [3.8, 4) is 0 Å². The Balaban J connectivity index is 0.00000289. The Labute approximate surface area is 105 Å². The topological polar surface area (TPSA) is 58.7 Å². The van der Waals surface area contributed by atoms with Gasteiger partial charge < -0.3 is 10.1 Å². The summed E-state index contributed by atoms with van der Waals surface area (Å²) in [5, 5.41) is 2.83. The molecule has 1 saturated heterocycles. The number of ether oxygens (including phenoxy) is 1. The molecule has 17 heavy (non-hydrogen) atoms. The third-order valence-corrected chi connectivity index (χ3v) is 2.96. The molecule has 0 aromatic carbocycles. The summed E-state index contributed by atoms with van der Waals surface area (Å²) in [5.41, 5.74) is -0.663. The molecule has 0 bridgehead atoms. The summed E-state index contributed by atoms with van der Waals surface area (Å²) in [5.74, 6) is 0.178. The summed E-state index contributed by atoms with van der Waals surface area (Å²) in [7, 11) is 0. The number of carbonyl (C=O) groups excluding carboxylic acids is 2. The molecule has 0 radical (unpaired) electrons. The molecule has 0 aromatic rings. The van der Waals surface area contributed by atoms with E-state index in [1.807, 2.05) is 27.7 Å². The highest BCUT2D eigenvalue weighted by molar-refractivity contribution is 5.96. The zero-order chi connectivity index (χ0) is 13.2. The van der Waals surface area contributed by atoms with Crippen molar-refractivity contribution in [3.63, 3.8) is 0 Å². The van der Waals surface area contributed by atoms with Gasteiger partial charge in [-0.15, -0.1) is 0 Å². The number of hydrogen-bond donors (Lipinski definition) is 1. The first kappa shape index (κ1) is 14.2. The largest absolute Gasteiger partial charge is 0.361 e. The van der Waals surface area contributed by atoms with Gasteiger partial charge in [-0.25, -0.2) is 0 Å². The molecule has 1 N–H and O–H groups in total. The van der Waals surface area contributed by atoms with Gasteiger partial charge >= 0.3 is 0 Å². The van der Waals surface area contributed by atoms with Crippen LogP contribution in [0.1, 0.15) is 42.5 Å². The van der Waals surface area contributed by atoms with Gasteiger partial charge in [-0.05, 0) is 19.3 Å². The van der Waals surface area contributed by atoms with E-state index in [1.165, 1.54) is 0 Å². The lowest BCUT2D eigenvalue weighted by Gasteiger charge is -2.22. The van der Waals surface area contributed by atoms with E-state index in [0.29, 0.717) is 18.9 Å². The molecule has 2 unspecified atom stereocenters. The average Bonchev–Trinajstić information content (AvgIpc) is 2.94. The molecule has 2 atom stereocenters. The Morgan fingerprint density at radius 3 is 2.24 bits per heavy atom. The van der Waals surface area contributed by atoms with Gasteiger partial charge in [0.2, 0.25) is 5.91 Å². The third kappa shape index (κ3) is 3.80. The van der Waals surface area contributed by atoms with Crippen LogP contribution in [0.15, 0.2) is 0 Å². The Kier molecular flexibility index (Phi) is 4.31. The summed E-state index contributed by atoms with van der Waals surface area (Å²) in [6, 6.07) is -0.419. The van der Waals surface area contributed by atoms with E-state index in [-0.39, 0.29) is 19.0 Å². The molecule has 1 aliphatic rings. The van der Waals surface area contributed by atoms with Gasteiger partial charge in [-0.1, -0.05) is 27.7 Å². The number of hydrogen-bond acceptors (Lipinski definition) is 3. The van der Waals surface area contributed by atoms with E-state index < -0.39 is 11.6 Å². The highest BCUT2D eigenvalue weighted by Crippen LogP contribution is 2.29. The smallest absolute Gasteiger partial charge is 0.223 e. The van der Waals surface area contributed by atoms with Crippen LogP contribution in [0.5, 0.6) is 0 Å². The van der Waals surface area contributed by atoms with Crippen molar-refractivity contribution in [3.05, 3.63) is 0 Å². The van der Waals surface area contributed by atoms with E-state index >= 15 is 0 Å². The number of rotatable bonds is 6. The zero-order valence-electron chi connectivity index (χ0n) is 11.4. The lowest BCUT2D eigenvalue weighted by Crippen LogP contribution is -2.47. The van der Waals surface area contributed by atoms with Crippen LogP contribution in [0.4, 0.5) is 0 Å². The molecule has 100 valence electrons. The monoisotopic (exact) mass is 243 g/mol. The van der Waals surface area contributed by atoms with Gasteiger partial charge in [0.1, 0.15) is 5.60 Å².